The fourth-order valence-electron chi connectivity index (χ4n) is 3.91. The standard InChI is InChI=1S/C23H28N8O3S/c1-25-14-18(13-24)16-4-5-19(20(12-16)34-2)28-23-27-15-17-6-7-26-22(21(17)29-23)30-8-10-31(11-9-30)35(3,32)33/h4-7,12-15H,8-11,24H2,1-3H3,(H,27,28,29). The fourth-order valence-corrected chi connectivity index (χ4v) is 4.74. The van der Waals surface area contributed by atoms with Crippen molar-refractivity contribution in [3.05, 3.63) is 48.4 Å². The summed E-state index contributed by atoms with van der Waals surface area (Å²) < 4.78 is 30.8. The molecule has 0 radical (unpaired) electrons. The van der Waals surface area contributed by atoms with E-state index in [0.29, 0.717) is 54.9 Å². The lowest BCUT2D eigenvalue weighted by atomic mass is 10.1. The molecule has 0 atom stereocenters. The molecule has 35 heavy (non-hydrogen) atoms. The quantitative estimate of drug-likeness (QED) is 0.469. The molecule has 11 nitrogen and oxygen atoms in total. The molecular weight excluding hydrogens is 468 g/mol. The number of ether oxygens (including phenoxy) is 1. The van der Waals surface area contributed by atoms with Crippen molar-refractivity contribution in [3.8, 4) is 5.75 Å². The van der Waals surface area contributed by atoms with Crippen LogP contribution >= 0.6 is 0 Å². The van der Waals surface area contributed by atoms with Gasteiger partial charge in [0.1, 0.15) is 11.3 Å². The molecule has 3 N–H and O–H groups in total. The number of rotatable bonds is 7. The predicted molar refractivity (Wildman–Crippen MR) is 139 cm³/mol. The van der Waals surface area contributed by atoms with E-state index in [1.54, 1.807) is 32.8 Å². The number of aromatic nitrogens is 3. The topological polar surface area (TPSA) is 139 Å². The van der Waals surface area contributed by atoms with Crippen molar-refractivity contribution < 1.29 is 13.2 Å². The third-order valence-electron chi connectivity index (χ3n) is 5.72. The maximum atomic E-state index is 11.9. The molecule has 1 aromatic carbocycles. The Morgan fingerprint density at radius 3 is 2.63 bits per heavy atom. The number of sulfonamides is 1. The molecule has 1 saturated heterocycles. The lowest BCUT2D eigenvalue weighted by Gasteiger charge is -2.34. The van der Waals surface area contributed by atoms with Crippen LogP contribution in [0.25, 0.3) is 16.5 Å². The second-order valence-electron chi connectivity index (χ2n) is 7.96. The van der Waals surface area contributed by atoms with Gasteiger partial charge in [-0.1, -0.05) is 6.07 Å². The summed E-state index contributed by atoms with van der Waals surface area (Å²) in [4.78, 5) is 19.8. The summed E-state index contributed by atoms with van der Waals surface area (Å²) in [5, 5.41) is 4.06. The number of nitrogens with one attached hydrogen (secondary N) is 1. The lowest BCUT2D eigenvalue weighted by Crippen LogP contribution is -2.48. The van der Waals surface area contributed by atoms with Crippen LogP contribution in [-0.4, -0.2) is 80.5 Å². The zero-order valence-corrected chi connectivity index (χ0v) is 20.7. The minimum absolute atomic E-state index is 0.386. The Morgan fingerprint density at radius 1 is 1.20 bits per heavy atom. The molecule has 184 valence electrons. The van der Waals surface area contributed by atoms with Crippen molar-refractivity contribution >= 4 is 50.2 Å². The first kappa shape index (κ1) is 24.4. The Labute approximate surface area is 204 Å². The summed E-state index contributed by atoms with van der Waals surface area (Å²) in [6.45, 7) is 1.86. The molecule has 0 aliphatic carbocycles. The van der Waals surface area contributed by atoms with Crippen molar-refractivity contribution in [1.29, 1.82) is 0 Å². The van der Waals surface area contributed by atoms with Crippen LogP contribution in [0.3, 0.4) is 0 Å². The number of allylic oxidation sites excluding steroid dienone is 1. The van der Waals surface area contributed by atoms with Crippen LogP contribution in [0.4, 0.5) is 17.5 Å². The Balaban J connectivity index is 1.62. The highest BCUT2D eigenvalue weighted by Crippen LogP contribution is 2.31. The Hall–Kier alpha value is -3.77. The van der Waals surface area contributed by atoms with Gasteiger partial charge in [-0.05, 0) is 23.8 Å². The number of fused-ring (bicyclic) bond motifs is 1. The number of methoxy groups -OCH3 is 1. The molecule has 3 aromatic rings. The van der Waals surface area contributed by atoms with Crippen LogP contribution in [0.1, 0.15) is 5.56 Å². The Bertz CT molecular complexity index is 1380. The van der Waals surface area contributed by atoms with Crippen LogP contribution in [0.5, 0.6) is 5.75 Å². The van der Waals surface area contributed by atoms with Crippen LogP contribution < -0.4 is 20.7 Å². The highest BCUT2D eigenvalue weighted by molar-refractivity contribution is 7.88. The van der Waals surface area contributed by atoms with Crippen molar-refractivity contribution in [2.75, 3.05) is 56.8 Å². The van der Waals surface area contributed by atoms with E-state index in [-0.39, 0.29) is 0 Å². The van der Waals surface area contributed by atoms with Gasteiger partial charge >= 0.3 is 0 Å². The summed E-state index contributed by atoms with van der Waals surface area (Å²) in [6, 6.07) is 7.47. The fraction of sp³-hybridized carbons (Fsp3) is 0.304. The third-order valence-corrected chi connectivity index (χ3v) is 7.02. The van der Waals surface area contributed by atoms with Gasteiger partial charge in [-0.2, -0.15) is 4.31 Å². The summed E-state index contributed by atoms with van der Waals surface area (Å²) in [5.74, 6) is 1.68. The molecule has 1 aliphatic rings. The first-order chi connectivity index (χ1) is 16.8. The van der Waals surface area contributed by atoms with Gasteiger partial charge in [-0.15, -0.1) is 0 Å². The average molecular weight is 497 g/mol. The van der Waals surface area contributed by atoms with Gasteiger partial charge in [0.25, 0.3) is 0 Å². The summed E-state index contributed by atoms with van der Waals surface area (Å²) in [5.41, 5.74) is 8.73. The van der Waals surface area contributed by atoms with Gasteiger partial charge in [-0.25, -0.2) is 23.4 Å². The van der Waals surface area contributed by atoms with E-state index in [0.717, 1.165) is 16.5 Å². The molecule has 4 rings (SSSR count). The monoisotopic (exact) mass is 496 g/mol. The summed E-state index contributed by atoms with van der Waals surface area (Å²) in [6.07, 6.45) is 7.84. The molecular formula is C23H28N8O3S. The molecule has 0 saturated carbocycles. The minimum Gasteiger partial charge on any atom is -0.495 e. The molecule has 0 amide bonds. The number of hydrogen-bond donors (Lipinski definition) is 2. The average Bonchev–Trinajstić information content (AvgIpc) is 2.86. The van der Waals surface area contributed by atoms with E-state index < -0.39 is 10.0 Å². The third kappa shape index (κ3) is 5.33. The molecule has 1 aliphatic heterocycles. The van der Waals surface area contributed by atoms with Gasteiger partial charge in [0.2, 0.25) is 16.0 Å². The first-order valence-corrected chi connectivity index (χ1v) is 12.8. The van der Waals surface area contributed by atoms with E-state index in [1.807, 2.05) is 29.2 Å². The zero-order valence-electron chi connectivity index (χ0n) is 19.8. The largest absolute Gasteiger partial charge is 0.495 e. The number of nitrogens with zero attached hydrogens (tertiary/aromatic N) is 6. The van der Waals surface area contributed by atoms with E-state index in [1.165, 1.54) is 16.8 Å². The Kier molecular flexibility index (Phi) is 7.12. The van der Waals surface area contributed by atoms with Gasteiger partial charge < -0.3 is 20.7 Å². The second-order valence-corrected chi connectivity index (χ2v) is 9.95. The van der Waals surface area contributed by atoms with E-state index >= 15 is 0 Å². The number of pyridine rings is 1. The van der Waals surface area contributed by atoms with Crippen LogP contribution in [0.15, 0.2) is 47.9 Å². The normalized spacial score (nSPS) is 15.6. The number of hydrogen-bond acceptors (Lipinski definition) is 10. The van der Waals surface area contributed by atoms with E-state index in [9.17, 15) is 8.42 Å². The second kappa shape index (κ2) is 10.2. The SMILES string of the molecule is CN=CC(=CN)c1ccc(Nc2ncc3ccnc(N4CCN(S(C)(=O)=O)CC4)c3n2)c(OC)c1. The molecule has 0 spiro atoms. The number of piperazine rings is 1. The predicted octanol–water partition coefficient (Wildman–Crippen LogP) is 1.86. The first-order valence-electron chi connectivity index (χ1n) is 11.0. The van der Waals surface area contributed by atoms with Crippen molar-refractivity contribution in [2.24, 2.45) is 10.7 Å². The van der Waals surface area contributed by atoms with Gasteiger partial charge in [0.15, 0.2) is 5.82 Å². The molecule has 3 heterocycles. The highest BCUT2D eigenvalue weighted by Gasteiger charge is 2.25. The smallest absolute Gasteiger partial charge is 0.227 e. The van der Waals surface area contributed by atoms with E-state index in [4.69, 9.17) is 15.5 Å². The maximum absolute atomic E-state index is 11.9. The summed E-state index contributed by atoms with van der Waals surface area (Å²) in [7, 11) is 0.0552. The van der Waals surface area contributed by atoms with Crippen molar-refractivity contribution in [2.45, 2.75) is 0 Å². The van der Waals surface area contributed by atoms with Crippen LogP contribution in [-0.2, 0) is 10.0 Å². The van der Waals surface area contributed by atoms with Crippen molar-refractivity contribution in [1.82, 2.24) is 19.3 Å². The van der Waals surface area contributed by atoms with Gasteiger partial charge in [-0.3, -0.25) is 4.99 Å². The minimum atomic E-state index is -3.21. The van der Waals surface area contributed by atoms with E-state index in [2.05, 4.69) is 20.3 Å². The van der Waals surface area contributed by atoms with Crippen LogP contribution in [0, 0.1) is 0 Å². The van der Waals surface area contributed by atoms with Crippen molar-refractivity contribution in [3.63, 3.8) is 0 Å². The molecule has 0 bridgehead atoms. The summed E-state index contributed by atoms with van der Waals surface area (Å²) >= 11 is 0. The molecule has 1 fully saturated rings. The molecule has 2 aromatic heterocycles. The number of nitrogens with two attached hydrogens (primary N) is 1. The zero-order chi connectivity index (χ0) is 25.0. The molecule has 12 heteroatoms. The highest BCUT2D eigenvalue weighted by atomic mass is 32.2. The number of aliphatic imine (C=N–C) groups is 1. The Morgan fingerprint density at radius 2 is 1.97 bits per heavy atom. The van der Waals surface area contributed by atoms with Gasteiger partial charge in [0, 0.05) is 69.0 Å². The maximum Gasteiger partial charge on any atom is 0.227 e. The van der Waals surface area contributed by atoms with Gasteiger partial charge in [0.05, 0.1) is 19.1 Å². The number of anilines is 3. The number of benzene rings is 1. The lowest BCUT2D eigenvalue weighted by molar-refractivity contribution is 0.387. The van der Waals surface area contributed by atoms with Crippen LogP contribution in [0.2, 0.25) is 0 Å². The molecule has 0 unspecified atom stereocenters.